The first kappa shape index (κ1) is 13.0. The first-order valence-corrected chi connectivity index (χ1v) is 5.97. The Labute approximate surface area is 109 Å². The number of nitrogens with one attached hydrogen (secondary N) is 1. The van der Waals surface area contributed by atoms with Crippen molar-refractivity contribution in [2.45, 2.75) is 19.9 Å². The summed E-state index contributed by atoms with van der Waals surface area (Å²) in [5, 5.41) is 7.32. The Balaban J connectivity index is 1.80. The van der Waals surface area contributed by atoms with Gasteiger partial charge in [0.2, 0.25) is 5.89 Å². The van der Waals surface area contributed by atoms with Crippen LogP contribution >= 0.6 is 11.6 Å². The molecule has 0 saturated carbocycles. The number of aryl methyl sites for hydroxylation is 1. The fourth-order valence-electron chi connectivity index (χ4n) is 1.54. The van der Waals surface area contributed by atoms with Crippen LogP contribution in [0.15, 0.2) is 22.7 Å². The Morgan fingerprint density at radius 1 is 1.44 bits per heavy atom. The van der Waals surface area contributed by atoms with Crippen molar-refractivity contribution in [3.8, 4) is 0 Å². The van der Waals surface area contributed by atoms with Gasteiger partial charge in [0, 0.05) is 30.1 Å². The summed E-state index contributed by atoms with van der Waals surface area (Å²) in [7, 11) is 0. The van der Waals surface area contributed by atoms with Crippen LogP contribution in [-0.4, -0.2) is 16.7 Å². The molecule has 1 heterocycles. The number of rotatable bonds is 5. The van der Waals surface area contributed by atoms with Crippen molar-refractivity contribution in [2.75, 3.05) is 6.54 Å². The second kappa shape index (κ2) is 5.93. The van der Waals surface area contributed by atoms with E-state index in [9.17, 15) is 4.39 Å². The average Bonchev–Trinajstić information content (AvgIpc) is 2.75. The van der Waals surface area contributed by atoms with E-state index in [1.165, 1.54) is 12.1 Å². The molecule has 1 aromatic heterocycles. The minimum atomic E-state index is -0.263. The summed E-state index contributed by atoms with van der Waals surface area (Å²) in [4.78, 5) is 4.07. The lowest BCUT2D eigenvalue weighted by molar-refractivity contribution is 0.372. The lowest BCUT2D eigenvalue weighted by Gasteiger charge is -2.05. The van der Waals surface area contributed by atoms with Gasteiger partial charge in [-0.2, -0.15) is 4.98 Å². The number of halogens is 2. The molecule has 6 heteroatoms. The number of hydrogen-bond donors (Lipinski definition) is 1. The zero-order valence-corrected chi connectivity index (χ0v) is 10.7. The summed E-state index contributed by atoms with van der Waals surface area (Å²) in [6, 6.07) is 4.50. The van der Waals surface area contributed by atoms with E-state index in [2.05, 4.69) is 15.5 Å². The standard InChI is InChI=1S/C12H13ClFN3O/c1-8-16-12(18-17-8)4-5-15-7-9-6-10(13)2-3-11(9)14/h2-3,6,15H,4-5,7H2,1H3. The number of hydrogen-bond acceptors (Lipinski definition) is 4. The molecular weight excluding hydrogens is 257 g/mol. The van der Waals surface area contributed by atoms with E-state index in [-0.39, 0.29) is 5.82 Å². The summed E-state index contributed by atoms with van der Waals surface area (Å²) in [6.45, 7) is 2.81. The molecule has 4 nitrogen and oxygen atoms in total. The minimum Gasteiger partial charge on any atom is -0.339 e. The van der Waals surface area contributed by atoms with Crippen molar-refractivity contribution in [2.24, 2.45) is 0 Å². The van der Waals surface area contributed by atoms with Gasteiger partial charge in [0.15, 0.2) is 5.82 Å². The van der Waals surface area contributed by atoms with Gasteiger partial charge in [-0.15, -0.1) is 0 Å². The molecule has 0 unspecified atom stereocenters. The first-order valence-electron chi connectivity index (χ1n) is 5.59. The lowest BCUT2D eigenvalue weighted by atomic mass is 10.2. The van der Waals surface area contributed by atoms with E-state index in [1.54, 1.807) is 13.0 Å². The molecule has 2 rings (SSSR count). The first-order chi connectivity index (χ1) is 8.65. The summed E-state index contributed by atoms with van der Waals surface area (Å²) >= 11 is 5.80. The smallest absolute Gasteiger partial charge is 0.227 e. The SMILES string of the molecule is Cc1noc(CCNCc2cc(Cl)ccc2F)n1. The number of nitrogens with zero attached hydrogens (tertiary/aromatic N) is 2. The summed E-state index contributed by atoms with van der Waals surface area (Å²) in [5.41, 5.74) is 0.546. The maximum Gasteiger partial charge on any atom is 0.227 e. The van der Waals surface area contributed by atoms with Crippen LogP contribution in [0.4, 0.5) is 4.39 Å². The molecule has 0 fully saturated rings. The highest BCUT2D eigenvalue weighted by Crippen LogP contribution is 2.14. The van der Waals surface area contributed by atoms with E-state index < -0.39 is 0 Å². The van der Waals surface area contributed by atoms with Gasteiger partial charge in [-0.05, 0) is 25.1 Å². The molecule has 96 valence electrons. The maximum absolute atomic E-state index is 13.4. The van der Waals surface area contributed by atoms with Crippen LogP contribution in [0.2, 0.25) is 5.02 Å². The molecule has 0 bridgehead atoms. The Kier molecular flexibility index (Phi) is 4.28. The summed E-state index contributed by atoms with van der Waals surface area (Å²) in [5.74, 6) is 0.929. The number of benzene rings is 1. The fraction of sp³-hybridized carbons (Fsp3) is 0.333. The van der Waals surface area contributed by atoms with Crippen LogP contribution in [0.3, 0.4) is 0 Å². The molecular formula is C12H13ClFN3O. The molecule has 0 atom stereocenters. The van der Waals surface area contributed by atoms with Crippen molar-refractivity contribution in [1.29, 1.82) is 0 Å². The van der Waals surface area contributed by atoms with Crippen molar-refractivity contribution < 1.29 is 8.91 Å². The van der Waals surface area contributed by atoms with E-state index in [0.29, 0.717) is 41.8 Å². The van der Waals surface area contributed by atoms with Crippen molar-refractivity contribution in [3.05, 3.63) is 46.3 Å². The molecule has 18 heavy (non-hydrogen) atoms. The summed E-state index contributed by atoms with van der Waals surface area (Å²) < 4.78 is 18.3. The third-order valence-electron chi connectivity index (χ3n) is 2.41. The second-order valence-corrected chi connectivity index (χ2v) is 4.33. The normalized spacial score (nSPS) is 10.8. The van der Waals surface area contributed by atoms with Crippen LogP contribution in [0, 0.1) is 12.7 Å². The van der Waals surface area contributed by atoms with Crippen molar-refractivity contribution in [1.82, 2.24) is 15.5 Å². The van der Waals surface area contributed by atoms with Gasteiger partial charge < -0.3 is 9.84 Å². The molecule has 0 radical (unpaired) electrons. The molecule has 2 aromatic rings. The van der Waals surface area contributed by atoms with E-state index >= 15 is 0 Å². The van der Waals surface area contributed by atoms with Gasteiger partial charge in [0.1, 0.15) is 5.82 Å². The van der Waals surface area contributed by atoms with E-state index in [1.807, 2.05) is 0 Å². The Hall–Kier alpha value is -1.46. The van der Waals surface area contributed by atoms with Crippen molar-refractivity contribution >= 4 is 11.6 Å². The highest BCUT2D eigenvalue weighted by atomic mass is 35.5. The zero-order valence-electron chi connectivity index (χ0n) is 9.91. The van der Waals surface area contributed by atoms with Gasteiger partial charge in [-0.25, -0.2) is 4.39 Å². The Bertz CT molecular complexity index is 530. The molecule has 0 saturated heterocycles. The van der Waals surface area contributed by atoms with Crippen LogP contribution in [0.1, 0.15) is 17.3 Å². The largest absolute Gasteiger partial charge is 0.339 e. The van der Waals surface area contributed by atoms with Crippen LogP contribution < -0.4 is 5.32 Å². The molecule has 0 amide bonds. The second-order valence-electron chi connectivity index (χ2n) is 3.90. The summed E-state index contributed by atoms with van der Waals surface area (Å²) in [6.07, 6.45) is 0.614. The van der Waals surface area contributed by atoms with Gasteiger partial charge in [0.25, 0.3) is 0 Å². The van der Waals surface area contributed by atoms with Gasteiger partial charge in [0.05, 0.1) is 0 Å². The van der Waals surface area contributed by atoms with Gasteiger partial charge in [-0.3, -0.25) is 0 Å². The molecule has 0 aliphatic rings. The predicted molar refractivity (Wildman–Crippen MR) is 65.9 cm³/mol. The monoisotopic (exact) mass is 269 g/mol. The Morgan fingerprint density at radius 2 is 2.28 bits per heavy atom. The van der Waals surface area contributed by atoms with E-state index in [0.717, 1.165) is 0 Å². The third kappa shape index (κ3) is 3.51. The topological polar surface area (TPSA) is 51.0 Å². The van der Waals surface area contributed by atoms with Crippen molar-refractivity contribution in [3.63, 3.8) is 0 Å². The van der Waals surface area contributed by atoms with Crippen LogP contribution in [-0.2, 0) is 13.0 Å². The molecule has 0 aliphatic carbocycles. The van der Waals surface area contributed by atoms with Gasteiger partial charge >= 0.3 is 0 Å². The number of aromatic nitrogens is 2. The molecule has 1 N–H and O–H groups in total. The fourth-order valence-corrected chi connectivity index (χ4v) is 1.73. The minimum absolute atomic E-state index is 0.263. The molecule has 1 aromatic carbocycles. The average molecular weight is 270 g/mol. The predicted octanol–water partition coefficient (Wildman–Crippen LogP) is 2.50. The highest BCUT2D eigenvalue weighted by molar-refractivity contribution is 6.30. The van der Waals surface area contributed by atoms with E-state index in [4.69, 9.17) is 16.1 Å². The van der Waals surface area contributed by atoms with Gasteiger partial charge in [-0.1, -0.05) is 16.8 Å². The zero-order chi connectivity index (χ0) is 13.0. The quantitative estimate of drug-likeness (QED) is 0.848. The van der Waals surface area contributed by atoms with Crippen LogP contribution in [0.25, 0.3) is 0 Å². The van der Waals surface area contributed by atoms with Crippen LogP contribution in [0.5, 0.6) is 0 Å². The maximum atomic E-state index is 13.4. The molecule has 0 aliphatic heterocycles. The Morgan fingerprint density at radius 3 is 3.00 bits per heavy atom. The molecule has 0 spiro atoms. The highest BCUT2D eigenvalue weighted by Gasteiger charge is 2.04. The lowest BCUT2D eigenvalue weighted by Crippen LogP contribution is -2.17. The third-order valence-corrected chi connectivity index (χ3v) is 2.64.